The van der Waals surface area contributed by atoms with Crippen LogP contribution in [-0.2, 0) is 11.2 Å². The predicted molar refractivity (Wildman–Crippen MR) is 112 cm³/mol. The molecule has 2 N–H and O–H groups in total. The maximum atomic E-state index is 12.2. The molecule has 0 fully saturated rings. The molecule has 0 aliphatic heterocycles. The quantitative estimate of drug-likeness (QED) is 0.503. The highest BCUT2D eigenvalue weighted by Crippen LogP contribution is 2.19. The Morgan fingerprint density at radius 2 is 1.76 bits per heavy atom. The maximum Gasteiger partial charge on any atom is 0.224 e. The first-order chi connectivity index (χ1) is 14.3. The number of imidazole rings is 1. The minimum atomic E-state index is -0.00432. The fraction of sp³-hybridized carbons (Fsp3) is 0.0909. The van der Waals surface area contributed by atoms with Gasteiger partial charge in [-0.1, -0.05) is 30.3 Å². The van der Waals surface area contributed by atoms with Gasteiger partial charge < -0.3 is 10.6 Å². The van der Waals surface area contributed by atoms with Crippen molar-refractivity contribution in [3.05, 3.63) is 91.3 Å². The van der Waals surface area contributed by atoms with Gasteiger partial charge in [-0.15, -0.1) is 0 Å². The molecule has 0 aliphatic carbocycles. The lowest BCUT2D eigenvalue weighted by Crippen LogP contribution is -2.12. The van der Waals surface area contributed by atoms with Crippen LogP contribution >= 0.6 is 0 Å². The lowest BCUT2D eigenvalue weighted by molar-refractivity contribution is -0.116. The van der Waals surface area contributed by atoms with E-state index in [4.69, 9.17) is 0 Å². The second kappa shape index (κ2) is 8.79. The van der Waals surface area contributed by atoms with Crippen molar-refractivity contribution in [2.75, 3.05) is 10.6 Å². The number of nitrogens with zero attached hydrogens (tertiary/aromatic N) is 4. The topological polar surface area (TPSA) is 84.7 Å². The number of amides is 1. The first-order valence-corrected chi connectivity index (χ1v) is 9.27. The molecule has 0 aliphatic rings. The van der Waals surface area contributed by atoms with Gasteiger partial charge in [-0.25, -0.2) is 15.0 Å². The van der Waals surface area contributed by atoms with E-state index in [1.165, 1.54) is 6.33 Å². The van der Waals surface area contributed by atoms with Crippen molar-refractivity contribution in [3.63, 3.8) is 0 Å². The molecule has 0 saturated carbocycles. The summed E-state index contributed by atoms with van der Waals surface area (Å²) in [7, 11) is 0. The Morgan fingerprint density at radius 1 is 0.966 bits per heavy atom. The fourth-order valence-electron chi connectivity index (χ4n) is 2.86. The number of hydrogen-bond donors (Lipinski definition) is 2. The summed E-state index contributed by atoms with van der Waals surface area (Å²) in [5, 5.41) is 6.16. The van der Waals surface area contributed by atoms with Gasteiger partial charge in [-0.05, 0) is 36.2 Å². The van der Waals surface area contributed by atoms with Gasteiger partial charge in [0.15, 0.2) is 0 Å². The lowest BCUT2D eigenvalue weighted by Gasteiger charge is -2.09. The number of anilines is 3. The van der Waals surface area contributed by atoms with E-state index in [2.05, 4.69) is 25.6 Å². The number of aryl methyl sites for hydroxylation is 1. The minimum Gasteiger partial charge on any atom is -0.340 e. The number of carbonyl (C=O) groups is 1. The summed E-state index contributed by atoms with van der Waals surface area (Å²) in [6.07, 6.45) is 7.87. The molecule has 2 heterocycles. The third kappa shape index (κ3) is 5.04. The lowest BCUT2D eigenvalue weighted by atomic mass is 10.1. The smallest absolute Gasteiger partial charge is 0.224 e. The van der Waals surface area contributed by atoms with E-state index in [1.807, 2.05) is 66.9 Å². The molecule has 0 unspecified atom stereocenters. The van der Waals surface area contributed by atoms with E-state index in [1.54, 1.807) is 17.1 Å². The van der Waals surface area contributed by atoms with Crippen LogP contribution in [0.4, 0.5) is 17.2 Å². The van der Waals surface area contributed by atoms with Crippen molar-refractivity contribution < 1.29 is 4.79 Å². The molecular formula is C22H20N6O. The molecule has 0 radical (unpaired) electrons. The van der Waals surface area contributed by atoms with Crippen LogP contribution in [0.2, 0.25) is 0 Å². The molecule has 2 aromatic heterocycles. The van der Waals surface area contributed by atoms with Crippen molar-refractivity contribution in [2.45, 2.75) is 12.8 Å². The van der Waals surface area contributed by atoms with Gasteiger partial charge in [-0.3, -0.25) is 9.36 Å². The molecule has 0 saturated heterocycles. The molecule has 4 aromatic rings. The molecule has 2 aromatic carbocycles. The summed E-state index contributed by atoms with van der Waals surface area (Å²) in [5.74, 6) is 1.39. The Hall–Kier alpha value is -4.00. The van der Waals surface area contributed by atoms with E-state index in [0.29, 0.717) is 12.2 Å². The van der Waals surface area contributed by atoms with Gasteiger partial charge in [-0.2, -0.15) is 0 Å². The second-order valence-corrected chi connectivity index (χ2v) is 6.47. The summed E-state index contributed by atoms with van der Waals surface area (Å²) < 4.78 is 1.81. The second-order valence-electron chi connectivity index (χ2n) is 6.47. The zero-order chi connectivity index (χ0) is 19.9. The molecule has 0 spiro atoms. The molecule has 29 heavy (non-hydrogen) atoms. The highest BCUT2D eigenvalue weighted by Gasteiger charge is 2.05. The molecule has 0 atom stereocenters. The van der Waals surface area contributed by atoms with E-state index in [9.17, 15) is 4.79 Å². The summed E-state index contributed by atoms with van der Waals surface area (Å²) >= 11 is 0. The van der Waals surface area contributed by atoms with Gasteiger partial charge in [0.2, 0.25) is 5.91 Å². The molecule has 7 heteroatoms. The third-order valence-electron chi connectivity index (χ3n) is 4.35. The molecule has 1 amide bonds. The minimum absolute atomic E-state index is 0.00432. The zero-order valence-corrected chi connectivity index (χ0v) is 15.7. The van der Waals surface area contributed by atoms with Gasteiger partial charge in [0.1, 0.15) is 24.3 Å². The Morgan fingerprint density at radius 3 is 2.52 bits per heavy atom. The number of benzene rings is 2. The first-order valence-electron chi connectivity index (χ1n) is 9.27. The van der Waals surface area contributed by atoms with Crippen LogP contribution in [0.3, 0.4) is 0 Å². The predicted octanol–water partition coefficient (Wildman–Crippen LogP) is 3.98. The molecule has 4 rings (SSSR count). The normalized spacial score (nSPS) is 10.5. The van der Waals surface area contributed by atoms with Crippen LogP contribution in [0.25, 0.3) is 5.82 Å². The SMILES string of the molecule is O=C(CCc1ccccc1)Nc1ccc(Nc2cc(-n3ccnc3)ncn2)cc1. The average molecular weight is 384 g/mol. The number of rotatable bonds is 7. The number of nitrogens with one attached hydrogen (secondary N) is 2. The standard InChI is InChI=1S/C22H20N6O/c29-22(11-6-17-4-2-1-3-5-17)27-19-9-7-18(8-10-19)26-20-14-21(25-15-24-20)28-13-12-23-16-28/h1-5,7-10,12-16H,6,11H2,(H,27,29)(H,24,25,26). The Balaban J connectivity index is 1.33. The van der Waals surface area contributed by atoms with Gasteiger partial charge >= 0.3 is 0 Å². The summed E-state index contributed by atoms with van der Waals surface area (Å²) in [6.45, 7) is 0. The van der Waals surface area contributed by atoms with E-state index < -0.39 is 0 Å². The zero-order valence-electron chi connectivity index (χ0n) is 15.7. The van der Waals surface area contributed by atoms with E-state index in [0.717, 1.165) is 29.2 Å². The Kier molecular flexibility index (Phi) is 5.57. The van der Waals surface area contributed by atoms with Crippen molar-refractivity contribution in [3.8, 4) is 5.82 Å². The third-order valence-corrected chi connectivity index (χ3v) is 4.35. The van der Waals surface area contributed by atoms with Crippen molar-refractivity contribution in [2.24, 2.45) is 0 Å². The van der Waals surface area contributed by atoms with Gasteiger partial charge in [0.05, 0.1) is 0 Å². The van der Waals surface area contributed by atoms with Crippen molar-refractivity contribution >= 4 is 23.1 Å². The van der Waals surface area contributed by atoms with Crippen LogP contribution in [0.15, 0.2) is 85.7 Å². The fourth-order valence-corrected chi connectivity index (χ4v) is 2.86. The van der Waals surface area contributed by atoms with Crippen LogP contribution in [0, 0.1) is 0 Å². The molecule has 7 nitrogen and oxygen atoms in total. The summed E-state index contributed by atoms with van der Waals surface area (Å²) in [6, 6.07) is 19.3. The number of hydrogen-bond acceptors (Lipinski definition) is 5. The van der Waals surface area contributed by atoms with Crippen LogP contribution in [0.1, 0.15) is 12.0 Å². The first kappa shape index (κ1) is 18.4. The molecule has 0 bridgehead atoms. The average Bonchev–Trinajstić information content (AvgIpc) is 3.30. The van der Waals surface area contributed by atoms with Crippen LogP contribution < -0.4 is 10.6 Å². The van der Waals surface area contributed by atoms with Crippen LogP contribution in [-0.4, -0.2) is 25.4 Å². The van der Waals surface area contributed by atoms with Crippen LogP contribution in [0.5, 0.6) is 0 Å². The Labute approximate surface area is 168 Å². The van der Waals surface area contributed by atoms with Crippen molar-refractivity contribution in [1.29, 1.82) is 0 Å². The number of carbonyl (C=O) groups excluding carboxylic acids is 1. The Bertz CT molecular complexity index is 1060. The largest absolute Gasteiger partial charge is 0.340 e. The summed E-state index contributed by atoms with van der Waals surface area (Å²) in [4.78, 5) is 24.7. The highest BCUT2D eigenvalue weighted by atomic mass is 16.1. The van der Waals surface area contributed by atoms with Gasteiger partial charge in [0, 0.05) is 36.3 Å². The summed E-state index contributed by atoms with van der Waals surface area (Å²) in [5.41, 5.74) is 2.78. The van der Waals surface area contributed by atoms with E-state index >= 15 is 0 Å². The number of aromatic nitrogens is 4. The molecular weight excluding hydrogens is 364 g/mol. The van der Waals surface area contributed by atoms with Crippen molar-refractivity contribution in [1.82, 2.24) is 19.5 Å². The highest BCUT2D eigenvalue weighted by molar-refractivity contribution is 5.91. The van der Waals surface area contributed by atoms with E-state index in [-0.39, 0.29) is 5.91 Å². The monoisotopic (exact) mass is 384 g/mol. The maximum absolute atomic E-state index is 12.2. The van der Waals surface area contributed by atoms with Gasteiger partial charge in [0.25, 0.3) is 0 Å². The molecule has 144 valence electrons.